The summed E-state index contributed by atoms with van der Waals surface area (Å²) in [6.07, 6.45) is 0. The van der Waals surface area contributed by atoms with Crippen molar-refractivity contribution in [2.75, 3.05) is 14.2 Å². The van der Waals surface area contributed by atoms with Crippen LogP contribution < -0.4 is 9.47 Å². The van der Waals surface area contributed by atoms with Crippen molar-refractivity contribution < 1.29 is 9.47 Å². The molecular weight excluding hydrogens is 351 g/mol. The molecule has 3 heteroatoms. The molecule has 0 fully saturated rings. The second kappa shape index (κ2) is 6.65. The zero-order chi connectivity index (χ0) is 16.4. The van der Waals surface area contributed by atoms with Crippen LogP contribution >= 0.6 is 0 Å². The van der Waals surface area contributed by atoms with E-state index in [4.69, 9.17) is 9.47 Å². The average molecular weight is 371 g/mol. The molecule has 0 unspecified atom stereocenters. The van der Waals surface area contributed by atoms with Gasteiger partial charge in [-0.1, -0.05) is 0 Å². The predicted octanol–water partition coefficient (Wildman–Crippen LogP) is 4.71. The maximum atomic E-state index is 5.30. The Labute approximate surface area is 143 Å². The molecule has 23 heavy (non-hydrogen) atoms. The first-order valence-electron chi connectivity index (χ1n) is 7.52. The number of benzene rings is 2. The van der Waals surface area contributed by atoms with Crippen LogP contribution in [0.15, 0.2) is 48.5 Å². The van der Waals surface area contributed by atoms with Gasteiger partial charge in [-0.3, -0.25) is 0 Å². The van der Waals surface area contributed by atoms with Crippen molar-refractivity contribution in [3.63, 3.8) is 0 Å². The fourth-order valence-corrected chi connectivity index (χ4v) is 5.20. The van der Waals surface area contributed by atoms with Gasteiger partial charge in [0, 0.05) is 0 Å². The summed E-state index contributed by atoms with van der Waals surface area (Å²) < 4.78 is 13.4. The molecule has 118 valence electrons. The van der Waals surface area contributed by atoms with E-state index in [-0.39, 0.29) is 0 Å². The standard InChI is InChI=1S/C20H20O2Se/c1-13-11-15(21-3)5-7-17(13)19-9-10-20(23-19)18-8-6-16(22-4)12-14(18)2/h5-12H,1-4H3. The molecule has 0 N–H and O–H groups in total. The van der Waals surface area contributed by atoms with Gasteiger partial charge in [0.15, 0.2) is 0 Å². The summed E-state index contributed by atoms with van der Waals surface area (Å²) in [5, 5.41) is 0. The fraction of sp³-hybridized carbons (Fsp3) is 0.200. The van der Waals surface area contributed by atoms with Crippen molar-refractivity contribution in [3.8, 4) is 31.5 Å². The molecule has 0 atom stereocenters. The summed E-state index contributed by atoms with van der Waals surface area (Å²) in [6, 6.07) is 17.1. The minimum atomic E-state index is 0.318. The average Bonchev–Trinajstić information content (AvgIpc) is 3.03. The summed E-state index contributed by atoms with van der Waals surface area (Å²) in [4.78, 5) is 0. The Morgan fingerprint density at radius 3 is 1.43 bits per heavy atom. The van der Waals surface area contributed by atoms with Crippen molar-refractivity contribution in [2.45, 2.75) is 13.8 Å². The van der Waals surface area contributed by atoms with Gasteiger partial charge in [-0.2, -0.15) is 0 Å². The van der Waals surface area contributed by atoms with Crippen LogP contribution in [0.5, 0.6) is 11.5 Å². The molecule has 2 aromatic carbocycles. The second-order valence-electron chi connectivity index (χ2n) is 5.53. The zero-order valence-electron chi connectivity index (χ0n) is 13.8. The number of hydrogen-bond donors (Lipinski definition) is 0. The minimum absolute atomic E-state index is 0.318. The Morgan fingerprint density at radius 1 is 0.652 bits per heavy atom. The molecule has 3 aromatic rings. The topological polar surface area (TPSA) is 18.5 Å². The van der Waals surface area contributed by atoms with Gasteiger partial charge in [-0.25, -0.2) is 0 Å². The van der Waals surface area contributed by atoms with Crippen LogP contribution in [0, 0.1) is 13.8 Å². The van der Waals surface area contributed by atoms with Gasteiger partial charge in [0.25, 0.3) is 0 Å². The van der Waals surface area contributed by atoms with E-state index in [1.807, 2.05) is 12.1 Å². The van der Waals surface area contributed by atoms with E-state index in [0.717, 1.165) is 11.5 Å². The molecule has 1 heterocycles. The molecule has 0 spiro atoms. The van der Waals surface area contributed by atoms with E-state index in [1.54, 1.807) is 14.2 Å². The molecule has 0 amide bonds. The number of rotatable bonds is 4. The molecular formula is C20H20O2Se. The van der Waals surface area contributed by atoms with E-state index in [0.29, 0.717) is 14.5 Å². The molecule has 2 nitrogen and oxygen atoms in total. The van der Waals surface area contributed by atoms with E-state index in [1.165, 1.54) is 31.1 Å². The Balaban J connectivity index is 1.97. The van der Waals surface area contributed by atoms with Crippen LogP contribution in [0.25, 0.3) is 20.0 Å². The normalized spacial score (nSPS) is 10.6. The maximum absolute atomic E-state index is 5.30. The zero-order valence-corrected chi connectivity index (χ0v) is 15.6. The van der Waals surface area contributed by atoms with Crippen LogP contribution in [0.2, 0.25) is 0 Å². The molecule has 0 saturated carbocycles. The fourth-order valence-electron chi connectivity index (χ4n) is 2.71. The molecule has 0 radical (unpaired) electrons. The van der Waals surface area contributed by atoms with Crippen LogP contribution in [-0.4, -0.2) is 28.7 Å². The van der Waals surface area contributed by atoms with Gasteiger partial charge in [0.1, 0.15) is 0 Å². The second-order valence-corrected chi connectivity index (χ2v) is 7.80. The predicted molar refractivity (Wildman–Crippen MR) is 96.8 cm³/mol. The van der Waals surface area contributed by atoms with Crippen molar-refractivity contribution >= 4 is 14.5 Å². The third-order valence-corrected chi connectivity index (χ3v) is 6.42. The Bertz CT molecular complexity index is 765. The van der Waals surface area contributed by atoms with Crippen LogP contribution in [0.4, 0.5) is 0 Å². The Morgan fingerprint density at radius 2 is 1.09 bits per heavy atom. The van der Waals surface area contributed by atoms with Gasteiger partial charge >= 0.3 is 143 Å². The van der Waals surface area contributed by atoms with E-state index in [9.17, 15) is 0 Å². The van der Waals surface area contributed by atoms with Crippen LogP contribution in [0.1, 0.15) is 11.1 Å². The van der Waals surface area contributed by atoms with E-state index in [2.05, 4.69) is 50.2 Å². The van der Waals surface area contributed by atoms with Gasteiger partial charge in [-0.15, -0.1) is 0 Å². The summed E-state index contributed by atoms with van der Waals surface area (Å²) in [6.45, 7) is 4.29. The summed E-state index contributed by atoms with van der Waals surface area (Å²) in [7, 11) is 3.42. The summed E-state index contributed by atoms with van der Waals surface area (Å²) in [5.74, 6) is 1.83. The molecule has 0 saturated heterocycles. The first-order chi connectivity index (χ1) is 11.1. The van der Waals surface area contributed by atoms with Crippen LogP contribution in [-0.2, 0) is 0 Å². The first-order valence-corrected chi connectivity index (χ1v) is 9.23. The molecule has 0 bridgehead atoms. The van der Waals surface area contributed by atoms with Gasteiger partial charge in [0.2, 0.25) is 0 Å². The summed E-state index contributed by atoms with van der Waals surface area (Å²) in [5.41, 5.74) is 5.17. The van der Waals surface area contributed by atoms with Gasteiger partial charge < -0.3 is 0 Å². The molecule has 0 aliphatic heterocycles. The van der Waals surface area contributed by atoms with Crippen molar-refractivity contribution in [1.82, 2.24) is 0 Å². The third-order valence-electron chi connectivity index (χ3n) is 4.00. The van der Waals surface area contributed by atoms with Crippen molar-refractivity contribution in [1.29, 1.82) is 0 Å². The Kier molecular flexibility index (Phi) is 4.61. The number of hydrogen-bond acceptors (Lipinski definition) is 2. The SMILES string of the molecule is COc1ccc(-c2ccc(-c3ccc(OC)cc3C)[se]2)c(C)c1. The van der Waals surface area contributed by atoms with Gasteiger partial charge in [0.05, 0.1) is 0 Å². The van der Waals surface area contributed by atoms with Crippen molar-refractivity contribution in [2.24, 2.45) is 0 Å². The summed E-state index contributed by atoms with van der Waals surface area (Å²) >= 11 is 0.318. The first kappa shape index (κ1) is 15.9. The number of aryl methyl sites for hydroxylation is 2. The third kappa shape index (κ3) is 3.21. The quantitative estimate of drug-likeness (QED) is 0.619. The number of ether oxygens (including phenoxy) is 2. The molecule has 0 aliphatic rings. The molecule has 1 aromatic heterocycles. The molecule has 0 aliphatic carbocycles. The monoisotopic (exact) mass is 372 g/mol. The molecule has 3 rings (SSSR count). The number of methoxy groups -OCH3 is 2. The van der Waals surface area contributed by atoms with E-state index < -0.39 is 0 Å². The Hall–Kier alpha value is -1.96. The van der Waals surface area contributed by atoms with E-state index >= 15 is 0 Å². The van der Waals surface area contributed by atoms with Gasteiger partial charge in [-0.05, 0) is 0 Å². The van der Waals surface area contributed by atoms with Crippen molar-refractivity contribution in [3.05, 3.63) is 59.7 Å². The van der Waals surface area contributed by atoms with Crippen LogP contribution in [0.3, 0.4) is 0 Å².